The second-order valence-electron chi connectivity index (χ2n) is 21.0. The SMILES string of the molecule is C.Cc1ccc(S(=O)(=O)OCC2(O)CC(c3nc(-c4cccc(OCc5ccccc5)c4)c4c(N)nccn34)C2)cc1.Cc1ccc(S(=O)(=O)OCC2(O)CC(c3nc(-c4cccc(OCc5ccccc5)c4)c4c(N)nccn34)C2)cc1. The molecule has 4 heterocycles. The van der Waals surface area contributed by atoms with Crippen molar-refractivity contribution in [2.45, 2.75) is 93.0 Å². The second kappa shape index (κ2) is 23.8. The van der Waals surface area contributed by atoms with Crippen molar-refractivity contribution in [2.24, 2.45) is 0 Å². The van der Waals surface area contributed by atoms with Gasteiger partial charge in [-0.25, -0.2) is 19.9 Å². The zero-order valence-corrected chi connectivity index (χ0v) is 46.6. The molecule has 83 heavy (non-hydrogen) atoms. The molecule has 4 aromatic heterocycles. The lowest BCUT2D eigenvalue weighted by Gasteiger charge is -2.42. The fourth-order valence-corrected chi connectivity index (χ4v) is 12.3. The molecule has 10 aromatic rings. The monoisotopic (exact) mass is 1160 g/mol. The summed E-state index contributed by atoms with van der Waals surface area (Å²) in [7, 11) is -7.97. The Balaban J connectivity index is 0.000000183. The molecule has 12 rings (SSSR count). The second-order valence-corrected chi connectivity index (χ2v) is 24.3. The van der Waals surface area contributed by atoms with Crippen LogP contribution in [0.4, 0.5) is 11.6 Å². The first-order chi connectivity index (χ1) is 39.4. The highest BCUT2D eigenvalue weighted by Gasteiger charge is 2.48. The number of anilines is 2. The Morgan fingerprint density at radius 1 is 0.530 bits per heavy atom. The van der Waals surface area contributed by atoms with E-state index in [2.05, 4.69) is 9.97 Å². The lowest BCUT2D eigenvalue weighted by atomic mass is 9.71. The predicted molar refractivity (Wildman–Crippen MR) is 316 cm³/mol. The van der Waals surface area contributed by atoms with Crippen LogP contribution in [0.1, 0.15) is 78.8 Å². The number of benzene rings is 6. The fourth-order valence-electron chi connectivity index (χ4n) is 10.3. The predicted octanol–water partition coefficient (Wildman–Crippen LogP) is 10.4. The summed E-state index contributed by atoms with van der Waals surface area (Å²) in [5, 5.41) is 22.1. The van der Waals surface area contributed by atoms with Crippen molar-refractivity contribution in [2.75, 3.05) is 24.7 Å². The number of rotatable bonds is 18. The molecule has 0 radical (unpaired) electrons. The summed E-state index contributed by atoms with van der Waals surface area (Å²) in [5.41, 5.74) is 18.3. The van der Waals surface area contributed by atoms with Crippen LogP contribution in [0.3, 0.4) is 0 Å². The van der Waals surface area contributed by atoms with E-state index in [0.717, 1.165) is 33.4 Å². The molecular formula is C63H64N8O10S2. The maximum atomic E-state index is 12.6. The number of nitrogen functional groups attached to an aromatic ring is 2. The molecule has 2 fully saturated rings. The third-order valence-corrected chi connectivity index (χ3v) is 17.3. The molecule has 428 valence electrons. The van der Waals surface area contributed by atoms with Crippen LogP contribution < -0.4 is 20.9 Å². The normalized spacial score (nSPS) is 18.5. The molecule has 0 bridgehead atoms. The molecule has 0 unspecified atom stereocenters. The number of hydrogen-bond donors (Lipinski definition) is 4. The van der Waals surface area contributed by atoms with Crippen LogP contribution in [0.2, 0.25) is 0 Å². The number of aliphatic hydroxyl groups is 2. The topological polar surface area (TPSA) is 258 Å². The third-order valence-electron chi connectivity index (χ3n) is 14.8. The molecule has 20 heteroatoms. The minimum Gasteiger partial charge on any atom is -0.489 e. The molecule has 0 atom stereocenters. The van der Waals surface area contributed by atoms with Gasteiger partial charge >= 0.3 is 0 Å². The van der Waals surface area contributed by atoms with Gasteiger partial charge in [0.15, 0.2) is 0 Å². The van der Waals surface area contributed by atoms with E-state index in [0.29, 0.717) is 70.4 Å². The van der Waals surface area contributed by atoms with Crippen LogP contribution in [0, 0.1) is 13.8 Å². The largest absolute Gasteiger partial charge is 0.489 e. The van der Waals surface area contributed by atoms with Crippen molar-refractivity contribution in [1.82, 2.24) is 28.7 Å². The van der Waals surface area contributed by atoms with E-state index in [9.17, 15) is 27.0 Å². The maximum Gasteiger partial charge on any atom is 0.297 e. The summed E-state index contributed by atoms with van der Waals surface area (Å²) in [4.78, 5) is 18.6. The molecule has 2 aliphatic carbocycles. The first-order valence-electron chi connectivity index (χ1n) is 26.6. The fraction of sp³-hybridized carbons (Fsp3) is 0.238. The van der Waals surface area contributed by atoms with Gasteiger partial charge in [-0.15, -0.1) is 0 Å². The average molecular weight is 1160 g/mol. The molecule has 18 nitrogen and oxygen atoms in total. The Bertz CT molecular complexity index is 3870. The number of fused-ring (bicyclic) bond motifs is 2. The Hall–Kier alpha value is -8.50. The number of hydrogen-bond acceptors (Lipinski definition) is 16. The van der Waals surface area contributed by atoms with E-state index < -0.39 is 31.4 Å². The minimum atomic E-state index is -3.98. The van der Waals surface area contributed by atoms with Gasteiger partial charge in [0.25, 0.3) is 20.2 Å². The van der Waals surface area contributed by atoms with E-state index >= 15 is 0 Å². The summed E-state index contributed by atoms with van der Waals surface area (Å²) < 4.78 is 76.8. The van der Waals surface area contributed by atoms with Gasteiger partial charge in [0.2, 0.25) is 0 Å². The molecule has 0 amide bonds. The number of nitrogens with two attached hydrogens (primary N) is 2. The van der Waals surface area contributed by atoms with Crippen molar-refractivity contribution in [3.8, 4) is 34.0 Å². The first-order valence-corrected chi connectivity index (χ1v) is 29.4. The average Bonchev–Trinajstić information content (AvgIpc) is 2.02. The standard InChI is InChI=1S/2C31H30N4O5S.CH4/c2*1-21-10-12-26(13-11-21)41(37,38)40-20-31(36)17-24(18-31)30-34-27(28-29(32)33-14-15-35(28)30)23-8-5-9-25(16-23)39-19-22-6-3-2-4-7-22;/h2*2-16,24,36H,17-20H2,1H3,(H2,32,33);1H4. The molecule has 6 aromatic carbocycles. The minimum absolute atomic E-state index is 0. The van der Waals surface area contributed by atoms with Gasteiger partial charge in [-0.05, 0) is 99.2 Å². The summed E-state index contributed by atoms with van der Waals surface area (Å²) in [6.07, 6.45) is 7.97. The van der Waals surface area contributed by atoms with Gasteiger partial charge < -0.3 is 31.2 Å². The van der Waals surface area contributed by atoms with Crippen molar-refractivity contribution in [3.05, 3.63) is 216 Å². The van der Waals surface area contributed by atoms with Gasteiger partial charge in [-0.1, -0.05) is 128 Å². The van der Waals surface area contributed by atoms with Crippen molar-refractivity contribution >= 4 is 42.9 Å². The Morgan fingerprint density at radius 3 is 1.28 bits per heavy atom. The van der Waals surface area contributed by atoms with Gasteiger partial charge in [0, 0.05) is 47.8 Å². The van der Waals surface area contributed by atoms with Crippen LogP contribution in [0.25, 0.3) is 33.5 Å². The maximum absolute atomic E-state index is 12.6. The zero-order valence-electron chi connectivity index (χ0n) is 44.9. The van der Waals surface area contributed by atoms with Crippen LogP contribution in [-0.4, -0.2) is 80.2 Å². The molecule has 2 aliphatic rings. The van der Waals surface area contributed by atoms with Crippen molar-refractivity contribution in [1.29, 1.82) is 0 Å². The highest BCUT2D eigenvalue weighted by atomic mass is 32.2. The third kappa shape index (κ3) is 12.8. The Morgan fingerprint density at radius 2 is 0.904 bits per heavy atom. The summed E-state index contributed by atoms with van der Waals surface area (Å²) in [6.45, 7) is 3.96. The molecule has 0 saturated heterocycles. The van der Waals surface area contributed by atoms with E-state index in [1.54, 1.807) is 49.1 Å². The molecular weight excluding hydrogens is 1090 g/mol. The Labute approximate surface area is 482 Å². The van der Waals surface area contributed by atoms with Crippen LogP contribution in [0.15, 0.2) is 192 Å². The van der Waals surface area contributed by atoms with Gasteiger partial charge in [0.05, 0.1) is 34.2 Å². The molecule has 0 aliphatic heterocycles. The van der Waals surface area contributed by atoms with Crippen molar-refractivity contribution in [3.63, 3.8) is 0 Å². The number of ether oxygens (including phenoxy) is 2. The number of aryl methyl sites for hydroxylation is 2. The molecule has 2 saturated carbocycles. The first kappa shape index (κ1) is 57.7. The van der Waals surface area contributed by atoms with E-state index in [1.807, 2.05) is 132 Å². The summed E-state index contributed by atoms with van der Waals surface area (Å²) >= 11 is 0. The smallest absolute Gasteiger partial charge is 0.297 e. The van der Waals surface area contributed by atoms with Crippen molar-refractivity contribution < 1.29 is 44.9 Å². The zero-order chi connectivity index (χ0) is 57.2. The molecule has 6 N–H and O–H groups in total. The lowest BCUT2D eigenvalue weighted by molar-refractivity contribution is -0.0802. The molecule has 0 spiro atoms. The van der Waals surface area contributed by atoms with Gasteiger partial charge in [0.1, 0.15) is 70.4 Å². The number of aromatic nitrogens is 6. The van der Waals surface area contributed by atoms with E-state index in [-0.39, 0.29) is 68.0 Å². The van der Waals surface area contributed by atoms with Crippen LogP contribution >= 0.6 is 0 Å². The lowest BCUT2D eigenvalue weighted by Crippen LogP contribution is -2.47. The van der Waals surface area contributed by atoms with Crippen LogP contribution in [0.5, 0.6) is 11.5 Å². The summed E-state index contributed by atoms with van der Waals surface area (Å²) in [5.74, 6) is 3.22. The van der Waals surface area contributed by atoms with Crippen LogP contribution in [-0.2, 0) is 41.8 Å². The number of nitrogens with zero attached hydrogens (tertiary/aromatic N) is 6. The summed E-state index contributed by atoms with van der Waals surface area (Å²) in [6, 6.07) is 48.0. The quantitative estimate of drug-likeness (QED) is 0.0582. The Kier molecular flexibility index (Phi) is 16.5. The van der Waals surface area contributed by atoms with Gasteiger partial charge in [-0.3, -0.25) is 17.2 Å². The highest BCUT2D eigenvalue weighted by Crippen LogP contribution is 2.48. The van der Waals surface area contributed by atoms with E-state index in [4.69, 9.17) is 39.3 Å². The van der Waals surface area contributed by atoms with E-state index in [1.165, 1.54) is 24.3 Å². The number of imidazole rings is 2. The van der Waals surface area contributed by atoms with Gasteiger partial charge in [-0.2, -0.15) is 16.8 Å². The highest BCUT2D eigenvalue weighted by molar-refractivity contribution is 7.87.